The topological polar surface area (TPSA) is 0 Å². The van der Waals surface area contributed by atoms with Crippen molar-refractivity contribution in [2.24, 2.45) is 0 Å². The summed E-state index contributed by atoms with van der Waals surface area (Å²) in [6.07, 6.45) is 0. The maximum absolute atomic E-state index is 5.12. The Bertz CT molecular complexity index is 43.8. The van der Waals surface area contributed by atoms with E-state index in [9.17, 15) is 0 Å². The van der Waals surface area contributed by atoms with Crippen LogP contribution < -0.4 is 51.4 Å². The maximum Gasteiger partial charge on any atom is 1.00 e. The molecular formula is C2H3Cl4K. The molecule has 0 aromatic carbocycles. The van der Waals surface area contributed by atoms with Gasteiger partial charge in [-0.25, -0.2) is 0 Å². The van der Waals surface area contributed by atoms with Gasteiger partial charge in [-0.05, 0) is 0 Å². The second kappa shape index (κ2) is 5.57. The normalized spacial score (nSPS) is 10.3. The molecule has 0 saturated carbocycles. The average molecular weight is 208 g/mol. The van der Waals surface area contributed by atoms with Gasteiger partial charge < -0.3 is 1.43 Å². The molecule has 0 aromatic rings. The molecule has 0 aromatic heterocycles. The summed E-state index contributed by atoms with van der Waals surface area (Å²) in [5, 5.41) is 0. The van der Waals surface area contributed by atoms with Gasteiger partial charge in [0.15, 0.2) is 0 Å². The molecule has 5 heteroatoms. The summed E-state index contributed by atoms with van der Waals surface area (Å²) < 4.78 is -1.28. The largest absolute Gasteiger partial charge is 1.00 e. The maximum atomic E-state index is 5.12. The fourth-order valence-corrected chi connectivity index (χ4v) is 0. The second-order valence-corrected chi connectivity index (χ2v) is 3.53. The Labute approximate surface area is 107 Å². The van der Waals surface area contributed by atoms with Crippen LogP contribution in [0.1, 0.15) is 1.43 Å². The molecular weight excluding hydrogens is 205 g/mol. The van der Waals surface area contributed by atoms with Crippen molar-refractivity contribution in [2.75, 3.05) is 5.88 Å². The van der Waals surface area contributed by atoms with Crippen LogP contribution in [0.25, 0.3) is 0 Å². The molecule has 0 amide bonds. The standard InChI is InChI=1S/C2H2Cl4.K.H/c3-1-2(4,5)6;;/h1H2;;/q;+1;-1. The first kappa shape index (κ1) is 12.5. The molecule has 0 aliphatic heterocycles. The molecule has 0 unspecified atom stereocenters. The third-order valence-corrected chi connectivity index (χ3v) is 1.36. The van der Waals surface area contributed by atoms with E-state index in [2.05, 4.69) is 0 Å². The fourth-order valence-electron chi connectivity index (χ4n) is 0. The summed E-state index contributed by atoms with van der Waals surface area (Å²) in [5.41, 5.74) is 0. The monoisotopic (exact) mass is 206 g/mol. The molecule has 0 atom stereocenters. The first-order chi connectivity index (χ1) is 2.56. The molecule has 0 aliphatic rings. The molecule has 0 saturated heterocycles. The van der Waals surface area contributed by atoms with Crippen molar-refractivity contribution in [3.05, 3.63) is 0 Å². The van der Waals surface area contributed by atoms with Gasteiger partial charge in [-0.2, -0.15) is 0 Å². The quantitative estimate of drug-likeness (QED) is 0.379. The predicted octanol–water partition coefficient (Wildman–Crippen LogP) is -0.288. The van der Waals surface area contributed by atoms with Crippen molar-refractivity contribution < 1.29 is 52.8 Å². The molecule has 0 radical (unpaired) electrons. The zero-order valence-electron chi connectivity index (χ0n) is 4.72. The van der Waals surface area contributed by atoms with Gasteiger partial charge in [-0.3, -0.25) is 0 Å². The van der Waals surface area contributed by atoms with Gasteiger partial charge >= 0.3 is 51.4 Å². The minimum absolute atomic E-state index is 0. The van der Waals surface area contributed by atoms with E-state index in [0.717, 1.165) is 0 Å². The Morgan fingerprint density at radius 3 is 1.43 bits per heavy atom. The van der Waals surface area contributed by atoms with Crippen molar-refractivity contribution in [3.63, 3.8) is 0 Å². The molecule has 0 fully saturated rings. The van der Waals surface area contributed by atoms with Gasteiger partial charge in [0.05, 0.1) is 5.88 Å². The van der Waals surface area contributed by atoms with E-state index in [1.54, 1.807) is 0 Å². The van der Waals surface area contributed by atoms with Crippen molar-refractivity contribution >= 4 is 46.4 Å². The molecule has 0 bridgehead atoms. The minimum Gasteiger partial charge on any atom is -1.00 e. The van der Waals surface area contributed by atoms with E-state index < -0.39 is 3.79 Å². The summed E-state index contributed by atoms with van der Waals surface area (Å²) in [6, 6.07) is 0. The summed E-state index contributed by atoms with van der Waals surface area (Å²) in [6.45, 7) is 0. The third-order valence-electron chi connectivity index (χ3n) is 0.152. The van der Waals surface area contributed by atoms with Gasteiger partial charge in [0, 0.05) is 0 Å². The number of alkyl halides is 4. The second-order valence-electron chi connectivity index (χ2n) is 0.749. The Hall–Kier alpha value is 2.80. The van der Waals surface area contributed by atoms with Crippen molar-refractivity contribution in [2.45, 2.75) is 3.79 Å². The van der Waals surface area contributed by atoms with E-state index in [0.29, 0.717) is 0 Å². The number of rotatable bonds is 0. The Kier molecular flexibility index (Phi) is 9.93. The third kappa shape index (κ3) is 12.1. The van der Waals surface area contributed by atoms with Crippen LogP contribution in [0.15, 0.2) is 0 Å². The van der Waals surface area contributed by atoms with Gasteiger partial charge in [-0.15, -0.1) is 11.6 Å². The Balaban J connectivity index is -0.000000125. The van der Waals surface area contributed by atoms with Crippen LogP contribution in [0.5, 0.6) is 0 Å². The minimum atomic E-state index is -1.28. The SMILES string of the molecule is ClCC(Cl)(Cl)Cl.[H-].[K+]. The van der Waals surface area contributed by atoms with Crippen LogP contribution in [0.3, 0.4) is 0 Å². The van der Waals surface area contributed by atoms with E-state index in [-0.39, 0.29) is 58.7 Å². The smallest absolute Gasteiger partial charge is 1.00 e. The Morgan fingerprint density at radius 2 is 1.43 bits per heavy atom. The Morgan fingerprint density at radius 1 is 1.29 bits per heavy atom. The van der Waals surface area contributed by atoms with Crippen LogP contribution >= 0.6 is 46.4 Å². The summed E-state index contributed by atoms with van der Waals surface area (Å²) >= 11 is 20.4. The molecule has 0 nitrogen and oxygen atoms in total. The van der Waals surface area contributed by atoms with Gasteiger partial charge in [-0.1, -0.05) is 34.8 Å². The van der Waals surface area contributed by atoms with E-state index >= 15 is 0 Å². The van der Waals surface area contributed by atoms with Crippen molar-refractivity contribution in [1.82, 2.24) is 0 Å². The van der Waals surface area contributed by atoms with Gasteiger partial charge in [0.2, 0.25) is 3.79 Å². The summed E-state index contributed by atoms with van der Waals surface area (Å²) in [7, 11) is 0. The summed E-state index contributed by atoms with van der Waals surface area (Å²) in [5.74, 6) is 0.0394. The molecule has 0 aliphatic carbocycles. The van der Waals surface area contributed by atoms with Crippen molar-refractivity contribution in [3.8, 4) is 0 Å². The van der Waals surface area contributed by atoms with Gasteiger partial charge in [0.1, 0.15) is 0 Å². The van der Waals surface area contributed by atoms with Crippen LogP contribution in [0.2, 0.25) is 0 Å². The number of hydrogen-bond donors (Lipinski definition) is 0. The van der Waals surface area contributed by atoms with Crippen molar-refractivity contribution in [1.29, 1.82) is 0 Å². The zero-order chi connectivity index (χ0) is 5.21. The number of hydrogen-bond acceptors (Lipinski definition) is 0. The average Bonchev–Trinajstić information content (AvgIpc) is 1.35. The first-order valence-corrected chi connectivity index (χ1v) is 2.86. The van der Waals surface area contributed by atoms with Crippen LogP contribution in [-0.2, 0) is 0 Å². The zero-order valence-corrected chi connectivity index (χ0v) is 9.87. The van der Waals surface area contributed by atoms with E-state index in [1.807, 2.05) is 0 Å². The predicted molar refractivity (Wildman–Crippen MR) is 32.1 cm³/mol. The molecule has 0 spiro atoms. The van der Waals surface area contributed by atoms with Crippen LogP contribution in [0.4, 0.5) is 0 Å². The molecule has 7 heavy (non-hydrogen) atoms. The molecule has 40 valence electrons. The fraction of sp³-hybridized carbons (Fsp3) is 1.00. The molecule has 0 rings (SSSR count). The van der Waals surface area contributed by atoms with E-state index in [1.165, 1.54) is 0 Å². The molecule has 0 N–H and O–H groups in total. The van der Waals surface area contributed by atoms with Crippen LogP contribution in [-0.4, -0.2) is 9.67 Å². The van der Waals surface area contributed by atoms with Gasteiger partial charge in [0.25, 0.3) is 0 Å². The van der Waals surface area contributed by atoms with E-state index in [4.69, 9.17) is 46.4 Å². The first-order valence-electron chi connectivity index (χ1n) is 1.19. The number of halogens is 4. The summed E-state index contributed by atoms with van der Waals surface area (Å²) in [4.78, 5) is 0. The van der Waals surface area contributed by atoms with Crippen LogP contribution in [0, 0.1) is 0 Å². The molecule has 0 heterocycles.